The highest BCUT2D eigenvalue weighted by atomic mass is 16.2. The number of hydrogen-bond donors (Lipinski definition) is 1. The topological polar surface area (TPSA) is 66.5 Å². The summed E-state index contributed by atoms with van der Waals surface area (Å²) in [5.41, 5.74) is -1.34. The number of barbiturate groups is 1. The summed E-state index contributed by atoms with van der Waals surface area (Å²) >= 11 is 0. The summed E-state index contributed by atoms with van der Waals surface area (Å²) in [6.45, 7) is 1.92. The van der Waals surface area contributed by atoms with Crippen LogP contribution in [0.2, 0.25) is 0 Å². The first-order chi connectivity index (χ1) is 9.00. The van der Waals surface area contributed by atoms with Crippen LogP contribution in [0, 0.1) is 5.41 Å². The Morgan fingerprint density at radius 2 is 1.53 bits per heavy atom. The SMILES string of the molecule is CC1(N2C(=O)NC(=O)C3(CCCCCC3)C2=O)CC1. The van der Waals surface area contributed by atoms with Crippen LogP contribution in [0.5, 0.6) is 0 Å². The lowest BCUT2D eigenvalue weighted by molar-refractivity contribution is -0.154. The second-order valence-corrected chi connectivity index (χ2v) is 6.39. The molecule has 4 amide bonds. The van der Waals surface area contributed by atoms with Crippen molar-refractivity contribution in [2.75, 3.05) is 0 Å². The van der Waals surface area contributed by atoms with Gasteiger partial charge in [-0.3, -0.25) is 19.8 Å². The van der Waals surface area contributed by atoms with Crippen molar-refractivity contribution in [1.82, 2.24) is 10.2 Å². The molecule has 0 aromatic rings. The van der Waals surface area contributed by atoms with Crippen LogP contribution in [0.15, 0.2) is 0 Å². The summed E-state index contributed by atoms with van der Waals surface area (Å²) in [7, 11) is 0. The van der Waals surface area contributed by atoms with E-state index in [2.05, 4.69) is 5.32 Å². The molecule has 19 heavy (non-hydrogen) atoms. The van der Waals surface area contributed by atoms with Gasteiger partial charge in [0.05, 0.1) is 0 Å². The van der Waals surface area contributed by atoms with Crippen LogP contribution in [-0.2, 0) is 9.59 Å². The van der Waals surface area contributed by atoms with Crippen molar-refractivity contribution in [3.63, 3.8) is 0 Å². The highest BCUT2D eigenvalue weighted by Crippen LogP contribution is 2.47. The number of rotatable bonds is 1. The Morgan fingerprint density at radius 3 is 2.05 bits per heavy atom. The molecule has 2 saturated carbocycles. The zero-order valence-corrected chi connectivity index (χ0v) is 11.3. The van der Waals surface area contributed by atoms with Gasteiger partial charge in [0.15, 0.2) is 0 Å². The summed E-state index contributed by atoms with van der Waals surface area (Å²) in [5.74, 6) is -0.618. The highest BCUT2D eigenvalue weighted by Gasteiger charge is 2.60. The molecule has 0 aromatic carbocycles. The smallest absolute Gasteiger partial charge is 0.277 e. The monoisotopic (exact) mass is 264 g/mol. The Bertz CT molecular complexity index is 446. The lowest BCUT2D eigenvalue weighted by Crippen LogP contribution is -2.66. The summed E-state index contributed by atoms with van der Waals surface area (Å²) in [5, 5.41) is 2.42. The Hall–Kier alpha value is -1.39. The van der Waals surface area contributed by atoms with E-state index in [1.54, 1.807) is 0 Å². The van der Waals surface area contributed by atoms with Gasteiger partial charge in [0.2, 0.25) is 11.8 Å². The number of imide groups is 2. The molecular weight excluding hydrogens is 244 g/mol. The van der Waals surface area contributed by atoms with E-state index in [4.69, 9.17) is 0 Å². The molecule has 0 unspecified atom stereocenters. The molecular formula is C14H20N2O3. The predicted octanol–water partition coefficient (Wildman–Crippen LogP) is 1.96. The van der Waals surface area contributed by atoms with Crippen LogP contribution in [-0.4, -0.2) is 28.3 Å². The normalized spacial score (nSPS) is 29.1. The molecule has 3 aliphatic rings. The summed E-state index contributed by atoms with van der Waals surface area (Å²) in [6, 6.07) is -0.523. The minimum atomic E-state index is -0.976. The van der Waals surface area contributed by atoms with Gasteiger partial charge in [-0.25, -0.2) is 4.79 Å². The second-order valence-electron chi connectivity index (χ2n) is 6.39. The molecule has 0 radical (unpaired) electrons. The molecule has 1 N–H and O–H groups in total. The Morgan fingerprint density at radius 1 is 0.947 bits per heavy atom. The Balaban J connectivity index is 1.96. The van der Waals surface area contributed by atoms with Crippen molar-refractivity contribution in [1.29, 1.82) is 0 Å². The van der Waals surface area contributed by atoms with Crippen molar-refractivity contribution in [2.24, 2.45) is 5.41 Å². The minimum Gasteiger partial charge on any atom is -0.277 e. The minimum absolute atomic E-state index is 0.247. The van der Waals surface area contributed by atoms with Gasteiger partial charge in [0, 0.05) is 5.54 Å². The van der Waals surface area contributed by atoms with Crippen LogP contribution >= 0.6 is 0 Å². The molecule has 5 nitrogen and oxygen atoms in total. The van der Waals surface area contributed by atoms with Gasteiger partial charge in [-0.1, -0.05) is 25.7 Å². The second kappa shape index (κ2) is 4.05. The lowest BCUT2D eigenvalue weighted by atomic mass is 9.76. The number of urea groups is 1. The number of carbonyl (C=O) groups excluding carboxylic acids is 3. The molecule has 0 bridgehead atoms. The molecule has 5 heteroatoms. The van der Waals surface area contributed by atoms with Crippen LogP contribution in [0.4, 0.5) is 4.79 Å². The molecule has 1 spiro atoms. The fraction of sp³-hybridized carbons (Fsp3) is 0.786. The van der Waals surface area contributed by atoms with Crippen molar-refractivity contribution in [3.05, 3.63) is 0 Å². The maximum absolute atomic E-state index is 12.8. The third-order valence-corrected chi connectivity index (χ3v) is 4.94. The molecule has 1 saturated heterocycles. The van der Waals surface area contributed by atoms with Crippen molar-refractivity contribution in [3.8, 4) is 0 Å². The number of amides is 4. The number of hydrogen-bond acceptors (Lipinski definition) is 3. The van der Waals surface area contributed by atoms with Gasteiger partial charge in [0.25, 0.3) is 0 Å². The van der Waals surface area contributed by atoms with Gasteiger partial charge < -0.3 is 0 Å². The van der Waals surface area contributed by atoms with Crippen LogP contribution in [0.3, 0.4) is 0 Å². The quantitative estimate of drug-likeness (QED) is 0.736. The molecule has 1 aliphatic heterocycles. The predicted molar refractivity (Wildman–Crippen MR) is 68.2 cm³/mol. The maximum atomic E-state index is 12.8. The van der Waals surface area contributed by atoms with E-state index in [1.807, 2.05) is 6.92 Å². The van der Waals surface area contributed by atoms with E-state index in [9.17, 15) is 14.4 Å². The molecule has 2 aliphatic carbocycles. The standard InChI is InChI=1S/C14H20N2O3/c1-13(8-9-13)16-11(18)14(10(17)15-12(16)19)6-4-2-3-5-7-14/h2-9H2,1H3,(H,15,17,19). The zero-order chi connectivity index (χ0) is 13.7. The number of nitrogens with zero attached hydrogens (tertiary/aromatic N) is 1. The average Bonchev–Trinajstić information content (AvgIpc) is 3.11. The molecule has 1 heterocycles. The van der Waals surface area contributed by atoms with Crippen LogP contribution < -0.4 is 5.32 Å². The lowest BCUT2D eigenvalue weighted by Gasteiger charge is -2.41. The summed E-state index contributed by atoms with van der Waals surface area (Å²) in [6.07, 6.45) is 6.75. The van der Waals surface area contributed by atoms with Gasteiger partial charge in [0.1, 0.15) is 5.41 Å². The summed E-state index contributed by atoms with van der Waals surface area (Å²) < 4.78 is 0. The van der Waals surface area contributed by atoms with E-state index in [0.29, 0.717) is 12.8 Å². The number of nitrogens with one attached hydrogen (secondary N) is 1. The third kappa shape index (κ3) is 1.78. The van der Waals surface area contributed by atoms with Crippen molar-refractivity contribution in [2.45, 2.75) is 63.8 Å². The van der Waals surface area contributed by atoms with Crippen molar-refractivity contribution >= 4 is 17.8 Å². The average molecular weight is 264 g/mol. The molecule has 3 fully saturated rings. The van der Waals surface area contributed by atoms with Gasteiger partial charge in [-0.05, 0) is 32.6 Å². The highest BCUT2D eigenvalue weighted by molar-refractivity contribution is 6.19. The van der Waals surface area contributed by atoms with E-state index < -0.39 is 11.4 Å². The van der Waals surface area contributed by atoms with E-state index in [-0.39, 0.29) is 17.4 Å². The van der Waals surface area contributed by atoms with Crippen LogP contribution in [0.25, 0.3) is 0 Å². The van der Waals surface area contributed by atoms with E-state index in [0.717, 1.165) is 38.5 Å². The van der Waals surface area contributed by atoms with Gasteiger partial charge in [-0.15, -0.1) is 0 Å². The number of carbonyl (C=O) groups is 3. The Labute approximate surface area is 112 Å². The zero-order valence-electron chi connectivity index (χ0n) is 11.3. The first kappa shape index (κ1) is 12.6. The molecule has 3 rings (SSSR count). The fourth-order valence-corrected chi connectivity index (χ4v) is 3.34. The van der Waals surface area contributed by atoms with Gasteiger partial charge in [-0.2, -0.15) is 0 Å². The summed E-state index contributed by atoms with van der Waals surface area (Å²) in [4.78, 5) is 38.4. The van der Waals surface area contributed by atoms with E-state index >= 15 is 0 Å². The van der Waals surface area contributed by atoms with Gasteiger partial charge >= 0.3 is 6.03 Å². The van der Waals surface area contributed by atoms with E-state index in [1.165, 1.54) is 4.90 Å². The molecule has 0 aromatic heterocycles. The first-order valence-corrected chi connectivity index (χ1v) is 7.20. The molecule has 0 atom stereocenters. The first-order valence-electron chi connectivity index (χ1n) is 7.20. The van der Waals surface area contributed by atoms with Crippen LogP contribution in [0.1, 0.15) is 58.3 Å². The van der Waals surface area contributed by atoms with Crippen molar-refractivity contribution < 1.29 is 14.4 Å². The third-order valence-electron chi connectivity index (χ3n) is 4.94. The largest absolute Gasteiger partial charge is 0.331 e. The fourth-order valence-electron chi connectivity index (χ4n) is 3.34. The maximum Gasteiger partial charge on any atom is 0.331 e. The Kier molecular flexibility index (Phi) is 2.69. The molecule has 104 valence electrons.